The van der Waals surface area contributed by atoms with Gasteiger partial charge >= 0.3 is 5.97 Å². The van der Waals surface area contributed by atoms with Crippen LogP contribution in [0, 0.1) is 0 Å². The molecule has 1 fully saturated rings. The van der Waals surface area contributed by atoms with Crippen LogP contribution in [0.4, 0.5) is 17.3 Å². The molecule has 1 amide bonds. The molecule has 4 rings (SSSR count). The number of hydrogen-bond acceptors (Lipinski definition) is 6. The van der Waals surface area contributed by atoms with Crippen molar-refractivity contribution in [1.82, 2.24) is 9.97 Å². The first-order valence-electron chi connectivity index (χ1n) is 11.5. The number of hydrogen-bond donors (Lipinski definition) is 2. The van der Waals surface area contributed by atoms with Crippen LogP contribution in [0.15, 0.2) is 48.5 Å². The fraction of sp³-hybridized carbons (Fsp3) is 0.308. The molecule has 0 saturated carbocycles. The molecule has 0 bridgehead atoms. The van der Waals surface area contributed by atoms with Crippen LogP contribution in [0.2, 0.25) is 5.02 Å². The Labute approximate surface area is 209 Å². The number of amides is 1. The molecule has 3 aromatic rings. The van der Waals surface area contributed by atoms with Crippen molar-refractivity contribution in [3.63, 3.8) is 0 Å². The van der Waals surface area contributed by atoms with Gasteiger partial charge in [-0.05, 0) is 54.8 Å². The van der Waals surface area contributed by atoms with Crippen molar-refractivity contribution >= 4 is 40.8 Å². The Morgan fingerprint density at radius 3 is 2.29 bits per heavy atom. The molecule has 0 radical (unpaired) electrons. The van der Waals surface area contributed by atoms with Crippen LogP contribution in [0.25, 0.3) is 0 Å². The number of carbonyl (C=O) groups is 2. The molecule has 1 aliphatic heterocycles. The molecule has 0 aliphatic carbocycles. The SMILES string of the molecule is CN(C)c1nc(Cc2ccc(NC(=O)c3ccc(Cl)cc3)cc2)nc(N2CCCC2)c1CC(=O)O. The van der Waals surface area contributed by atoms with E-state index in [0.29, 0.717) is 45.7 Å². The molecular formula is C26H28ClN5O3. The van der Waals surface area contributed by atoms with Gasteiger partial charge in [0.1, 0.15) is 17.5 Å². The van der Waals surface area contributed by atoms with Crippen molar-refractivity contribution in [1.29, 1.82) is 0 Å². The smallest absolute Gasteiger partial charge is 0.308 e. The summed E-state index contributed by atoms with van der Waals surface area (Å²) < 4.78 is 0. The first kappa shape index (κ1) is 24.5. The maximum atomic E-state index is 12.4. The molecule has 0 spiro atoms. The number of carbonyl (C=O) groups excluding carboxylic acids is 1. The highest BCUT2D eigenvalue weighted by Gasteiger charge is 2.24. The molecule has 0 atom stereocenters. The number of carboxylic acid groups (broad SMARTS) is 1. The van der Waals surface area contributed by atoms with Crippen molar-refractivity contribution in [2.24, 2.45) is 0 Å². The van der Waals surface area contributed by atoms with Gasteiger partial charge in [-0.25, -0.2) is 9.97 Å². The van der Waals surface area contributed by atoms with Crippen LogP contribution in [0.3, 0.4) is 0 Å². The fourth-order valence-electron chi connectivity index (χ4n) is 4.15. The van der Waals surface area contributed by atoms with Gasteiger partial charge in [-0.3, -0.25) is 9.59 Å². The maximum absolute atomic E-state index is 12.4. The van der Waals surface area contributed by atoms with Crippen LogP contribution in [-0.2, 0) is 17.6 Å². The zero-order chi connectivity index (χ0) is 24.9. The third kappa shape index (κ3) is 6.08. The zero-order valence-electron chi connectivity index (χ0n) is 19.8. The number of aliphatic carboxylic acids is 1. The van der Waals surface area contributed by atoms with Crippen molar-refractivity contribution in [2.45, 2.75) is 25.7 Å². The third-order valence-corrected chi connectivity index (χ3v) is 6.10. The minimum Gasteiger partial charge on any atom is -0.481 e. The van der Waals surface area contributed by atoms with Crippen molar-refractivity contribution in [2.75, 3.05) is 42.3 Å². The average Bonchev–Trinajstić information content (AvgIpc) is 3.36. The minimum absolute atomic E-state index is 0.123. The molecule has 35 heavy (non-hydrogen) atoms. The predicted molar refractivity (Wildman–Crippen MR) is 138 cm³/mol. The van der Waals surface area contributed by atoms with Gasteiger partial charge in [0, 0.05) is 55.4 Å². The number of aromatic nitrogens is 2. The summed E-state index contributed by atoms with van der Waals surface area (Å²) in [5.41, 5.74) is 2.84. The van der Waals surface area contributed by atoms with E-state index in [4.69, 9.17) is 21.6 Å². The number of nitrogens with one attached hydrogen (secondary N) is 1. The Hall–Kier alpha value is -3.65. The maximum Gasteiger partial charge on any atom is 0.308 e. The highest BCUT2D eigenvalue weighted by atomic mass is 35.5. The lowest BCUT2D eigenvalue weighted by atomic mass is 10.1. The second-order valence-electron chi connectivity index (χ2n) is 8.76. The van der Waals surface area contributed by atoms with Gasteiger partial charge in [-0.15, -0.1) is 0 Å². The monoisotopic (exact) mass is 493 g/mol. The Balaban J connectivity index is 1.55. The Kier molecular flexibility index (Phi) is 7.51. The molecule has 2 aromatic carbocycles. The first-order chi connectivity index (χ1) is 16.8. The van der Waals surface area contributed by atoms with Gasteiger partial charge < -0.3 is 20.2 Å². The highest BCUT2D eigenvalue weighted by molar-refractivity contribution is 6.30. The molecule has 1 saturated heterocycles. The molecule has 182 valence electrons. The number of benzene rings is 2. The predicted octanol–water partition coefficient (Wildman–Crippen LogP) is 4.27. The number of anilines is 3. The Morgan fingerprint density at radius 1 is 1.03 bits per heavy atom. The van der Waals surface area contributed by atoms with Crippen molar-refractivity contribution < 1.29 is 14.7 Å². The van der Waals surface area contributed by atoms with E-state index >= 15 is 0 Å². The second kappa shape index (κ2) is 10.7. The van der Waals surface area contributed by atoms with Gasteiger partial charge in [0.15, 0.2) is 0 Å². The zero-order valence-corrected chi connectivity index (χ0v) is 20.5. The summed E-state index contributed by atoms with van der Waals surface area (Å²) in [6, 6.07) is 14.3. The lowest BCUT2D eigenvalue weighted by molar-refractivity contribution is -0.136. The van der Waals surface area contributed by atoms with Crippen LogP contribution < -0.4 is 15.1 Å². The Morgan fingerprint density at radius 2 is 1.69 bits per heavy atom. The number of rotatable bonds is 8. The first-order valence-corrected chi connectivity index (χ1v) is 11.9. The van der Waals surface area contributed by atoms with E-state index in [1.54, 1.807) is 24.3 Å². The molecule has 8 nitrogen and oxygen atoms in total. The van der Waals surface area contributed by atoms with Crippen molar-refractivity contribution in [3.05, 3.63) is 76.1 Å². The normalized spacial score (nSPS) is 13.1. The molecule has 1 aliphatic rings. The molecular weight excluding hydrogens is 466 g/mol. The number of nitrogens with zero attached hydrogens (tertiary/aromatic N) is 4. The van der Waals surface area contributed by atoms with Crippen LogP contribution >= 0.6 is 11.6 Å². The van der Waals surface area contributed by atoms with Crippen LogP contribution in [0.5, 0.6) is 0 Å². The van der Waals surface area contributed by atoms with Gasteiger partial charge in [0.05, 0.1) is 6.42 Å². The van der Waals surface area contributed by atoms with Gasteiger partial charge in [-0.1, -0.05) is 23.7 Å². The highest BCUT2D eigenvalue weighted by Crippen LogP contribution is 2.30. The minimum atomic E-state index is -0.902. The number of halogens is 1. The van der Waals surface area contributed by atoms with E-state index in [1.165, 1.54) is 0 Å². The molecule has 1 aromatic heterocycles. The average molecular weight is 494 g/mol. The third-order valence-electron chi connectivity index (χ3n) is 5.85. The summed E-state index contributed by atoms with van der Waals surface area (Å²) in [5.74, 6) is 0.859. The standard InChI is InChI=1S/C26H28ClN5O3/c1-31(2)24-21(16-23(33)34)25(32-13-3-4-14-32)30-22(29-24)15-17-5-11-20(12-6-17)28-26(35)18-7-9-19(27)10-8-18/h5-12H,3-4,13-16H2,1-2H3,(H,28,35)(H,33,34). The second-order valence-corrected chi connectivity index (χ2v) is 9.20. The summed E-state index contributed by atoms with van der Waals surface area (Å²) in [6.45, 7) is 1.72. The molecule has 2 N–H and O–H groups in total. The van der Waals surface area contributed by atoms with Crippen LogP contribution in [-0.4, -0.2) is 54.1 Å². The number of carboxylic acids is 1. The molecule has 9 heteroatoms. The summed E-state index contributed by atoms with van der Waals surface area (Å²) in [7, 11) is 3.73. The topological polar surface area (TPSA) is 98.7 Å². The van der Waals surface area contributed by atoms with Gasteiger partial charge in [-0.2, -0.15) is 0 Å². The summed E-state index contributed by atoms with van der Waals surface area (Å²) in [5, 5.41) is 13.0. The lowest BCUT2D eigenvalue weighted by Crippen LogP contribution is -2.26. The van der Waals surface area contributed by atoms with Crippen molar-refractivity contribution in [3.8, 4) is 0 Å². The van der Waals surface area contributed by atoms with E-state index < -0.39 is 5.97 Å². The van der Waals surface area contributed by atoms with E-state index in [1.807, 2.05) is 43.3 Å². The molecule has 0 unspecified atom stereocenters. The Bertz CT molecular complexity index is 1210. The lowest BCUT2D eigenvalue weighted by Gasteiger charge is -2.24. The quantitative estimate of drug-likeness (QED) is 0.483. The van der Waals surface area contributed by atoms with Gasteiger partial charge in [0.2, 0.25) is 0 Å². The van der Waals surface area contributed by atoms with E-state index in [-0.39, 0.29) is 12.3 Å². The molecule has 2 heterocycles. The van der Waals surface area contributed by atoms with E-state index in [2.05, 4.69) is 10.2 Å². The summed E-state index contributed by atoms with van der Waals surface area (Å²) in [4.78, 5) is 37.5. The van der Waals surface area contributed by atoms with Crippen LogP contribution in [0.1, 0.15) is 40.2 Å². The van der Waals surface area contributed by atoms with Gasteiger partial charge in [0.25, 0.3) is 5.91 Å². The fourth-order valence-corrected chi connectivity index (χ4v) is 4.27. The summed E-state index contributed by atoms with van der Waals surface area (Å²) in [6.07, 6.45) is 2.49. The van der Waals surface area contributed by atoms with E-state index in [0.717, 1.165) is 31.5 Å². The largest absolute Gasteiger partial charge is 0.481 e. The van der Waals surface area contributed by atoms with E-state index in [9.17, 15) is 14.7 Å². The summed E-state index contributed by atoms with van der Waals surface area (Å²) >= 11 is 5.89.